The van der Waals surface area contributed by atoms with E-state index in [0.717, 1.165) is 5.69 Å². The Hall–Kier alpha value is -1.01. The van der Waals surface area contributed by atoms with Gasteiger partial charge in [-0.05, 0) is 33.8 Å². The van der Waals surface area contributed by atoms with Crippen molar-refractivity contribution in [1.82, 2.24) is 9.78 Å². The molecule has 1 rings (SSSR count). The van der Waals surface area contributed by atoms with E-state index in [1.54, 1.807) is 0 Å². The first kappa shape index (κ1) is 15.0. The molecule has 1 aromatic rings. The molecule has 0 aliphatic rings. The number of aliphatic carboxylic acids is 1. The third-order valence-electron chi connectivity index (χ3n) is 2.80. The highest BCUT2D eigenvalue weighted by Crippen LogP contribution is 2.30. The van der Waals surface area contributed by atoms with Crippen molar-refractivity contribution in [3.8, 4) is 0 Å². The first-order valence-corrected chi connectivity index (χ1v) is 6.89. The lowest BCUT2D eigenvalue weighted by molar-refractivity contribution is -0.139. The van der Waals surface area contributed by atoms with Crippen LogP contribution in [0, 0.1) is 0 Å². The summed E-state index contributed by atoms with van der Waals surface area (Å²) < 4.78 is 1.37. The molecule has 0 aliphatic carbocycles. The van der Waals surface area contributed by atoms with E-state index >= 15 is 0 Å². The minimum atomic E-state index is -0.972. The van der Waals surface area contributed by atoms with Gasteiger partial charge in [-0.3, -0.25) is 9.48 Å². The van der Waals surface area contributed by atoms with Crippen LogP contribution < -0.4 is 5.73 Å². The number of nitrogens with zero attached hydrogens (tertiary/aromatic N) is 2. The largest absolute Gasteiger partial charge is 0.480 e. The van der Waals surface area contributed by atoms with Crippen LogP contribution in [0.25, 0.3) is 0 Å². The van der Waals surface area contributed by atoms with Gasteiger partial charge in [0.25, 0.3) is 0 Å². The van der Waals surface area contributed by atoms with E-state index in [0.29, 0.717) is 11.8 Å². The number of nitrogens with two attached hydrogens (primary N) is 1. The predicted octanol–water partition coefficient (Wildman–Crippen LogP) is 1.89. The average Bonchev–Trinajstić information content (AvgIpc) is 2.74. The van der Waals surface area contributed by atoms with E-state index in [2.05, 4.69) is 18.9 Å². The van der Waals surface area contributed by atoms with Crippen molar-refractivity contribution in [1.29, 1.82) is 0 Å². The van der Waals surface area contributed by atoms with E-state index in [-0.39, 0.29) is 0 Å². The van der Waals surface area contributed by atoms with Crippen LogP contribution in [0.4, 0.5) is 0 Å². The number of carboxylic acids is 1. The van der Waals surface area contributed by atoms with Crippen LogP contribution in [0.3, 0.4) is 0 Å². The summed E-state index contributed by atoms with van der Waals surface area (Å²) in [6.07, 6.45) is 1.94. The fraction of sp³-hybridized carbons (Fsp3) is 0.667. The highest BCUT2D eigenvalue weighted by molar-refractivity contribution is 7.99. The third kappa shape index (κ3) is 3.74. The molecule has 18 heavy (non-hydrogen) atoms. The summed E-state index contributed by atoms with van der Waals surface area (Å²) in [6, 6.07) is 1.41. The summed E-state index contributed by atoms with van der Waals surface area (Å²) in [6.45, 7) is 7.81. The smallest absolute Gasteiger partial charge is 0.321 e. The van der Waals surface area contributed by atoms with E-state index < -0.39 is 16.8 Å². The van der Waals surface area contributed by atoms with Crippen LogP contribution in [0.5, 0.6) is 0 Å². The van der Waals surface area contributed by atoms with E-state index in [1.165, 1.54) is 11.8 Å². The van der Waals surface area contributed by atoms with E-state index in [1.807, 2.05) is 30.8 Å². The standard InChI is InChI=1S/C12H21N3O2S/c1-8(2)15-6-5-9(14-15)7-18-12(3,4)10(13)11(16)17/h5-6,8,10H,7,13H2,1-4H3,(H,16,17)/t10-/m0/s1. The Morgan fingerprint density at radius 2 is 2.22 bits per heavy atom. The second-order valence-electron chi connectivity index (χ2n) is 5.09. The molecule has 1 heterocycles. The minimum Gasteiger partial charge on any atom is -0.480 e. The molecule has 0 radical (unpaired) electrons. The van der Waals surface area contributed by atoms with Crippen molar-refractivity contribution in [3.63, 3.8) is 0 Å². The van der Waals surface area contributed by atoms with Gasteiger partial charge in [-0.15, -0.1) is 11.8 Å². The maximum Gasteiger partial charge on any atom is 0.321 e. The molecule has 1 aromatic heterocycles. The molecule has 0 spiro atoms. The number of carbonyl (C=O) groups is 1. The second-order valence-corrected chi connectivity index (χ2v) is 6.72. The molecule has 6 heteroatoms. The second kappa shape index (κ2) is 5.75. The van der Waals surface area contributed by atoms with E-state index in [4.69, 9.17) is 10.8 Å². The van der Waals surface area contributed by atoms with Crippen molar-refractivity contribution < 1.29 is 9.90 Å². The van der Waals surface area contributed by atoms with Gasteiger partial charge in [0.15, 0.2) is 0 Å². The number of rotatable bonds is 6. The zero-order valence-corrected chi connectivity index (χ0v) is 12.1. The Balaban J connectivity index is 2.61. The van der Waals surface area contributed by atoms with Crippen LogP contribution in [0.2, 0.25) is 0 Å². The van der Waals surface area contributed by atoms with Crippen molar-refractivity contribution in [2.75, 3.05) is 0 Å². The Labute approximate surface area is 112 Å². The highest BCUT2D eigenvalue weighted by Gasteiger charge is 2.32. The van der Waals surface area contributed by atoms with Gasteiger partial charge in [0, 0.05) is 22.7 Å². The van der Waals surface area contributed by atoms with Crippen LogP contribution in [0.1, 0.15) is 39.4 Å². The molecule has 102 valence electrons. The summed E-state index contributed by atoms with van der Waals surface area (Å²) in [4.78, 5) is 10.9. The lowest BCUT2D eigenvalue weighted by Gasteiger charge is -2.27. The molecule has 0 aromatic carbocycles. The van der Waals surface area contributed by atoms with Crippen molar-refractivity contribution >= 4 is 17.7 Å². The third-order valence-corrected chi connectivity index (χ3v) is 4.24. The molecule has 0 fully saturated rings. The Kier molecular flexibility index (Phi) is 4.81. The fourth-order valence-electron chi connectivity index (χ4n) is 1.39. The number of carboxylic acid groups (broad SMARTS) is 1. The van der Waals surface area contributed by atoms with Gasteiger partial charge in [0.1, 0.15) is 6.04 Å². The molecule has 0 unspecified atom stereocenters. The van der Waals surface area contributed by atoms with Crippen LogP contribution in [0.15, 0.2) is 12.3 Å². The number of hydrogen-bond acceptors (Lipinski definition) is 4. The first-order chi connectivity index (χ1) is 8.24. The highest BCUT2D eigenvalue weighted by atomic mass is 32.2. The Bertz CT molecular complexity index is 415. The van der Waals surface area contributed by atoms with Gasteiger partial charge in [-0.25, -0.2) is 0 Å². The molecule has 5 nitrogen and oxygen atoms in total. The lowest BCUT2D eigenvalue weighted by Crippen LogP contribution is -2.46. The molecule has 1 atom stereocenters. The molecule has 0 bridgehead atoms. The monoisotopic (exact) mass is 271 g/mol. The molecule has 0 aliphatic heterocycles. The topological polar surface area (TPSA) is 81.1 Å². The van der Waals surface area contributed by atoms with E-state index in [9.17, 15) is 4.79 Å². The Morgan fingerprint density at radius 1 is 1.61 bits per heavy atom. The van der Waals surface area contributed by atoms with Gasteiger partial charge in [0.2, 0.25) is 0 Å². The number of aromatic nitrogens is 2. The molecule has 0 amide bonds. The summed E-state index contributed by atoms with van der Waals surface area (Å²) >= 11 is 1.51. The molecule has 0 saturated heterocycles. The van der Waals surface area contributed by atoms with Gasteiger partial charge in [0.05, 0.1) is 5.69 Å². The predicted molar refractivity (Wildman–Crippen MR) is 73.6 cm³/mol. The summed E-state index contributed by atoms with van der Waals surface area (Å²) in [5.41, 5.74) is 6.61. The number of hydrogen-bond donors (Lipinski definition) is 2. The van der Waals surface area contributed by atoms with Crippen molar-refractivity contribution in [2.45, 2.75) is 50.3 Å². The summed E-state index contributed by atoms with van der Waals surface area (Å²) in [7, 11) is 0. The fourth-order valence-corrected chi connectivity index (χ4v) is 2.34. The zero-order chi connectivity index (χ0) is 13.9. The SMILES string of the molecule is CC(C)n1ccc(CSC(C)(C)[C@@H](N)C(=O)O)n1. The maximum atomic E-state index is 10.9. The van der Waals surface area contributed by atoms with Crippen molar-refractivity contribution in [3.05, 3.63) is 18.0 Å². The number of thioether (sulfide) groups is 1. The normalized spacial score (nSPS) is 13.9. The summed E-state index contributed by atoms with van der Waals surface area (Å²) in [5, 5.41) is 13.4. The quantitative estimate of drug-likeness (QED) is 0.825. The van der Waals surface area contributed by atoms with Crippen LogP contribution in [-0.4, -0.2) is 31.6 Å². The van der Waals surface area contributed by atoms with Gasteiger partial charge >= 0.3 is 5.97 Å². The van der Waals surface area contributed by atoms with Gasteiger partial charge in [-0.2, -0.15) is 5.10 Å². The van der Waals surface area contributed by atoms with Crippen molar-refractivity contribution in [2.24, 2.45) is 5.73 Å². The molecular formula is C12H21N3O2S. The molecular weight excluding hydrogens is 250 g/mol. The molecule has 3 N–H and O–H groups in total. The van der Waals surface area contributed by atoms with Gasteiger partial charge in [-0.1, -0.05) is 0 Å². The zero-order valence-electron chi connectivity index (χ0n) is 11.3. The first-order valence-electron chi connectivity index (χ1n) is 5.90. The Morgan fingerprint density at radius 3 is 2.67 bits per heavy atom. The van der Waals surface area contributed by atoms with Crippen LogP contribution in [-0.2, 0) is 10.5 Å². The average molecular weight is 271 g/mol. The lowest BCUT2D eigenvalue weighted by atomic mass is 10.1. The van der Waals surface area contributed by atoms with Gasteiger partial charge < -0.3 is 10.8 Å². The molecule has 0 saturated carbocycles. The summed E-state index contributed by atoms with van der Waals surface area (Å²) in [5.74, 6) is -0.312. The minimum absolute atomic E-state index is 0.332. The van der Waals surface area contributed by atoms with Crippen LogP contribution >= 0.6 is 11.8 Å². The maximum absolute atomic E-state index is 10.9.